The SMILES string of the molecule is CCC(C)NC(=NCCc1ccco1)NC1CCN(c2ccccn2)CC1.I. The van der Waals surface area contributed by atoms with Crippen molar-refractivity contribution in [3.63, 3.8) is 0 Å². The van der Waals surface area contributed by atoms with Crippen molar-refractivity contribution in [2.45, 2.75) is 51.6 Å². The summed E-state index contributed by atoms with van der Waals surface area (Å²) in [6, 6.07) is 10.8. The van der Waals surface area contributed by atoms with Gasteiger partial charge in [-0.25, -0.2) is 4.98 Å². The molecular weight excluding hydrogens is 465 g/mol. The average molecular weight is 497 g/mol. The van der Waals surface area contributed by atoms with E-state index in [9.17, 15) is 0 Å². The van der Waals surface area contributed by atoms with Crippen molar-refractivity contribution < 1.29 is 4.42 Å². The van der Waals surface area contributed by atoms with Crippen molar-refractivity contribution >= 4 is 35.8 Å². The molecule has 0 amide bonds. The molecule has 2 N–H and O–H groups in total. The summed E-state index contributed by atoms with van der Waals surface area (Å²) in [5.41, 5.74) is 0. The molecule has 1 atom stereocenters. The monoisotopic (exact) mass is 497 g/mol. The van der Waals surface area contributed by atoms with Gasteiger partial charge in [0.1, 0.15) is 11.6 Å². The van der Waals surface area contributed by atoms with Gasteiger partial charge < -0.3 is 20.0 Å². The summed E-state index contributed by atoms with van der Waals surface area (Å²) in [6.45, 7) is 7.11. The number of furan rings is 1. The molecule has 0 aliphatic carbocycles. The maximum Gasteiger partial charge on any atom is 0.191 e. The highest BCUT2D eigenvalue weighted by Gasteiger charge is 2.21. The normalized spacial score (nSPS) is 16.4. The molecule has 0 radical (unpaired) electrons. The summed E-state index contributed by atoms with van der Waals surface area (Å²) >= 11 is 0. The molecule has 3 heterocycles. The first-order valence-electron chi connectivity index (χ1n) is 10.0. The molecule has 6 nitrogen and oxygen atoms in total. The van der Waals surface area contributed by atoms with Crippen LogP contribution < -0.4 is 15.5 Å². The highest BCUT2D eigenvalue weighted by atomic mass is 127. The Balaban J connectivity index is 0.00000280. The van der Waals surface area contributed by atoms with Gasteiger partial charge in [0.2, 0.25) is 0 Å². The number of piperidine rings is 1. The molecule has 1 aliphatic rings. The van der Waals surface area contributed by atoms with Crippen LogP contribution in [0.15, 0.2) is 52.2 Å². The zero-order valence-corrected chi connectivity index (χ0v) is 19.1. The van der Waals surface area contributed by atoms with E-state index in [0.29, 0.717) is 18.6 Å². The molecule has 2 aromatic heterocycles. The highest BCUT2D eigenvalue weighted by Crippen LogP contribution is 2.17. The first-order valence-corrected chi connectivity index (χ1v) is 10.0. The van der Waals surface area contributed by atoms with Crippen LogP contribution in [0.2, 0.25) is 0 Å². The number of guanidine groups is 1. The number of rotatable bonds is 7. The second kappa shape index (κ2) is 11.9. The number of hydrogen-bond acceptors (Lipinski definition) is 4. The second-order valence-corrected chi connectivity index (χ2v) is 7.11. The molecule has 0 spiro atoms. The molecule has 0 saturated carbocycles. The smallest absolute Gasteiger partial charge is 0.191 e. The van der Waals surface area contributed by atoms with Crippen LogP contribution in [0.5, 0.6) is 0 Å². The number of anilines is 1. The number of halogens is 1. The lowest BCUT2D eigenvalue weighted by atomic mass is 10.1. The summed E-state index contributed by atoms with van der Waals surface area (Å²) in [7, 11) is 0. The Labute approximate surface area is 185 Å². The summed E-state index contributed by atoms with van der Waals surface area (Å²) in [5, 5.41) is 7.15. The molecule has 0 aromatic carbocycles. The van der Waals surface area contributed by atoms with E-state index in [1.165, 1.54) is 0 Å². The third-order valence-electron chi connectivity index (χ3n) is 5.01. The van der Waals surface area contributed by atoms with E-state index in [0.717, 1.165) is 56.3 Å². The van der Waals surface area contributed by atoms with Crippen LogP contribution in [0.1, 0.15) is 38.9 Å². The maximum absolute atomic E-state index is 5.40. The topological polar surface area (TPSA) is 65.7 Å². The van der Waals surface area contributed by atoms with Crippen LogP contribution in [0, 0.1) is 0 Å². The van der Waals surface area contributed by atoms with Gasteiger partial charge in [-0.05, 0) is 50.5 Å². The lowest BCUT2D eigenvalue weighted by Crippen LogP contribution is -2.50. The van der Waals surface area contributed by atoms with Gasteiger partial charge in [0.25, 0.3) is 0 Å². The molecule has 3 rings (SSSR count). The maximum atomic E-state index is 5.40. The van der Waals surface area contributed by atoms with Gasteiger partial charge >= 0.3 is 0 Å². The number of hydrogen-bond donors (Lipinski definition) is 2. The van der Waals surface area contributed by atoms with Crippen molar-refractivity contribution in [2.24, 2.45) is 4.99 Å². The van der Waals surface area contributed by atoms with Crippen LogP contribution in [0.25, 0.3) is 0 Å². The number of nitrogens with zero attached hydrogens (tertiary/aromatic N) is 3. The van der Waals surface area contributed by atoms with Gasteiger partial charge in [-0.2, -0.15) is 0 Å². The molecule has 1 unspecified atom stereocenters. The van der Waals surface area contributed by atoms with E-state index >= 15 is 0 Å². The van der Waals surface area contributed by atoms with Crippen molar-refractivity contribution in [1.82, 2.24) is 15.6 Å². The molecule has 1 fully saturated rings. The summed E-state index contributed by atoms with van der Waals surface area (Å²) < 4.78 is 5.40. The summed E-state index contributed by atoms with van der Waals surface area (Å²) in [4.78, 5) is 11.6. The minimum Gasteiger partial charge on any atom is -0.469 e. The van der Waals surface area contributed by atoms with Crippen LogP contribution in [-0.4, -0.2) is 42.7 Å². The van der Waals surface area contributed by atoms with Gasteiger partial charge in [0, 0.05) is 44.3 Å². The largest absolute Gasteiger partial charge is 0.469 e. The Kier molecular flexibility index (Phi) is 9.60. The molecule has 1 aliphatic heterocycles. The molecule has 7 heteroatoms. The number of aromatic nitrogens is 1. The lowest BCUT2D eigenvalue weighted by Gasteiger charge is -2.34. The third-order valence-corrected chi connectivity index (χ3v) is 5.01. The fraction of sp³-hybridized carbons (Fsp3) is 0.524. The quantitative estimate of drug-likeness (QED) is 0.346. The minimum atomic E-state index is 0. The van der Waals surface area contributed by atoms with Crippen molar-refractivity contribution in [3.05, 3.63) is 48.6 Å². The molecule has 28 heavy (non-hydrogen) atoms. The first-order chi connectivity index (χ1) is 13.2. The first kappa shape index (κ1) is 22.5. The summed E-state index contributed by atoms with van der Waals surface area (Å²) in [6.07, 6.45) is 7.62. The standard InChI is InChI=1S/C21H31N5O.HI/c1-3-17(2)24-21(23-13-9-19-7-6-16-27-19)25-18-10-14-26(15-11-18)20-8-4-5-12-22-20;/h4-8,12,16-18H,3,9-11,13-15H2,1-2H3,(H2,23,24,25);1H. The van der Waals surface area contributed by atoms with E-state index in [-0.39, 0.29) is 24.0 Å². The van der Waals surface area contributed by atoms with Crippen LogP contribution in [0.4, 0.5) is 5.82 Å². The van der Waals surface area contributed by atoms with Crippen molar-refractivity contribution in [3.8, 4) is 0 Å². The Hall–Kier alpha value is -1.77. The zero-order valence-electron chi connectivity index (χ0n) is 16.8. The van der Waals surface area contributed by atoms with Crippen molar-refractivity contribution in [1.29, 1.82) is 0 Å². The Morgan fingerprint density at radius 1 is 1.29 bits per heavy atom. The molecule has 154 valence electrons. The number of pyridine rings is 1. The van der Waals surface area contributed by atoms with Gasteiger partial charge in [-0.15, -0.1) is 24.0 Å². The predicted octanol–water partition coefficient (Wildman–Crippen LogP) is 3.84. The van der Waals surface area contributed by atoms with Crippen LogP contribution >= 0.6 is 24.0 Å². The van der Waals surface area contributed by atoms with E-state index in [1.807, 2.05) is 30.5 Å². The average Bonchev–Trinajstić information content (AvgIpc) is 3.22. The zero-order chi connectivity index (χ0) is 18.9. The van der Waals surface area contributed by atoms with Gasteiger partial charge in [0.15, 0.2) is 5.96 Å². The van der Waals surface area contributed by atoms with Crippen molar-refractivity contribution in [2.75, 3.05) is 24.5 Å². The van der Waals surface area contributed by atoms with E-state index in [1.54, 1.807) is 6.26 Å². The molecular formula is C21H32IN5O. The number of nitrogens with one attached hydrogen (secondary N) is 2. The second-order valence-electron chi connectivity index (χ2n) is 7.11. The molecule has 2 aromatic rings. The third kappa shape index (κ3) is 7.00. The highest BCUT2D eigenvalue weighted by molar-refractivity contribution is 14.0. The number of aliphatic imine (C=N–C) groups is 1. The Morgan fingerprint density at radius 3 is 2.75 bits per heavy atom. The predicted molar refractivity (Wildman–Crippen MR) is 126 cm³/mol. The lowest BCUT2D eigenvalue weighted by molar-refractivity contribution is 0.455. The van der Waals surface area contributed by atoms with Gasteiger partial charge in [-0.3, -0.25) is 4.99 Å². The Bertz CT molecular complexity index is 684. The minimum absolute atomic E-state index is 0. The van der Waals surface area contributed by atoms with Crippen LogP contribution in [-0.2, 0) is 6.42 Å². The van der Waals surface area contributed by atoms with E-state index < -0.39 is 0 Å². The Morgan fingerprint density at radius 2 is 2.11 bits per heavy atom. The van der Waals surface area contributed by atoms with Gasteiger partial charge in [-0.1, -0.05) is 13.0 Å². The van der Waals surface area contributed by atoms with Gasteiger partial charge in [0.05, 0.1) is 6.26 Å². The molecule has 0 bridgehead atoms. The fourth-order valence-corrected chi connectivity index (χ4v) is 3.19. The molecule has 1 saturated heterocycles. The summed E-state index contributed by atoms with van der Waals surface area (Å²) in [5.74, 6) is 2.96. The van der Waals surface area contributed by atoms with E-state index in [2.05, 4.69) is 40.4 Å². The van der Waals surface area contributed by atoms with Crippen LogP contribution in [0.3, 0.4) is 0 Å². The fourth-order valence-electron chi connectivity index (χ4n) is 3.19. The van der Waals surface area contributed by atoms with E-state index in [4.69, 9.17) is 9.41 Å².